The number of hydrogen-bond donors (Lipinski definition) is 1. The van der Waals surface area contributed by atoms with Crippen molar-refractivity contribution in [3.05, 3.63) is 0 Å². The lowest BCUT2D eigenvalue weighted by Gasteiger charge is -2.24. The van der Waals surface area contributed by atoms with Crippen molar-refractivity contribution in [2.24, 2.45) is 5.92 Å². The van der Waals surface area contributed by atoms with Crippen LogP contribution in [-0.2, 0) is 9.53 Å². The zero-order chi connectivity index (χ0) is 12.2. The molecule has 1 unspecified atom stereocenters. The van der Waals surface area contributed by atoms with E-state index in [0.29, 0.717) is 0 Å². The molecule has 1 saturated carbocycles. The minimum Gasteiger partial charge on any atom is -0.481 e. The van der Waals surface area contributed by atoms with Gasteiger partial charge in [-0.25, -0.2) is 0 Å². The minimum atomic E-state index is -4.74. The van der Waals surface area contributed by atoms with E-state index in [-0.39, 0.29) is 6.10 Å². The number of carboxylic acid groups (broad SMARTS) is 1. The molecule has 1 aliphatic rings. The molecule has 0 aromatic rings. The Hall–Kier alpha value is -0.780. The van der Waals surface area contributed by atoms with Gasteiger partial charge in [0.05, 0.1) is 12.7 Å². The lowest BCUT2D eigenvalue weighted by atomic mass is 9.97. The summed E-state index contributed by atoms with van der Waals surface area (Å²) in [6.07, 6.45) is -0.544. The number of rotatable bonds is 4. The predicted octanol–water partition coefficient (Wildman–Crippen LogP) is 2.60. The maximum atomic E-state index is 12.3. The standard InChI is InChI=1S/C10H15F3O3/c11-10(12,13)8(9(14)15)6-16-7-4-2-1-3-5-7/h7-8H,1-6H2,(H,14,15). The summed E-state index contributed by atoms with van der Waals surface area (Å²) in [4.78, 5) is 10.4. The molecule has 0 spiro atoms. The predicted molar refractivity (Wildman–Crippen MR) is 50.0 cm³/mol. The largest absolute Gasteiger partial charge is 0.481 e. The van der Waals surface area contributed by atoms with E-state index in [2.05, 4.69) is 0 Å². The van der Waals surface area contributed by atoms with Crippen molar-refractivity contribution in [3.63, 3.8) is 0 Å². The molecule has 0 saturated heterocycles. The second-order valence-corrected chi connectivity index (χ2v) is 4.03. The average Bonchev–Trinajstić information content (AvgIpc) is 2.17. The Labute approximate surface area is 91.6 Å². The van der Waals surface area contributed by atoms with Crippen LogP contribution in [0.5, 0.6) is 0 Å². The molecule has 1 rings (SSSR count). The Morgan fingerprint density at radius 3 is 2.31 bits per heavy atom. The Kier molecular flexibility index (Phi) is 4.58. The molecule has 3 nitrogen and oxygen atoms in total. The summed E-state index contributed by atoms with van der Waals surface area (Å²) in [6, 6.07) is 0. The second-order valence-electron chi connectivity index (χ2n) is 4.03. The summed E-state index contributed by atoms with van der Waals surface area (Å²) in [5, 5.41) is 8.44. The van der Waals surface area contributed by atoms with Crippen LogP contribution in [0.25, 0.3) is 0 Å². The lowest BCUT2D eigenvalue weighted by Crippen LogP contribution is -2.36. The van der Waals surface area contributed by atoms with Gasteiger partial charge in [0, 0.05) is 0 Å². The molecule has 1 fully saturated rings. The zero-order valence-electron chi connectivity index (χ0n) is 8.79. The van der Waals surface area contributed by atoms with Crippen LogP contribution in [0.15, 0.2) is 0 Å². The number of alkyl halides is 3. The Bertz CT molecular complexity index is 234. The van der Waals surface area contributed by atoms with Gasteiger partial charge in [0.2, 0.25) is 0 Å². The van der Waals surface area contributed by atoms with Crippen LogP contribution in [0.1, 0.15) is 32.1 Å². The van der Waals surface area contributed by atoms with E-state index in [9.17, 15) is 18.0 Å². The molecule has 0 amide bonds. The fourth-order valence-corrected chi connectivity index (χ4v) is 1.77. The Morgan fingerprint density at radius 2 is 1.88 bits per heavy atom. The SMILES string of the molecule is O=C(O)C(COC1CCCCC1)C(F)(F)F. The number of ether oxygens (including phenoxy) is 1. The van der Waals surface area contributed by atoms with E-state index in [1.54, 1.807) is 0 Å². The van der Waals surface area contributed by atoms with E-state index in [1.165, 1.54) is 0 Å². The molecule has 1 N–H and O–H groups in total. The molecule has 1 atom stereocenters. The third kappa shape index (κ3) is 4.00. The van der Waals surface area contributed by atoms with Crippen LogP contribution >= 0.6 is 0 Å². The highest BCUT2D eigenvalue weighted by molar-refractivity contribution is 5.71. The van der Waals surface area contributed by atoms with E-state index in [1.807, 2.05) is 0 Å². The van der Waals surface area contributed by atoms with Crippen molar-refractivity contribution in [3.8, 4) is 0 Å². The van der Waals surface area contributed by atoms with Crippen molar-refractivity contribution in [2.45, 2.75) is 44.4 Å². The van der Waals surface area contributed by atoms with Gasteiger partial charge in [-0.2, -0.15) is 13.2 Å². The van der Waals surface area contributed by atoms with Crippen LogP contribution in [0.4, 0.5) is 13.2 Å². The van der Waals surface area contributed by atoms with E-state index >= 15 is 0 Å². The maximum absolute atomic E-state index is 12.3. The molecule has 0 aliphatic heterocycles. The average molecular weight is 240 g/mol. The van der Waals surface area contributed by atoms with Gasteiger partial charge in [0.1, 0.15) is 0 Å². The molecule has 0 radical (unpaired) electrons. The van der Waals surface area contributed by atoms with Gasteiger partial charge < -0.3 is 9.84 Å². The fourth-order valence-electron chi connectivity index (χ4n) is 1.77. The van der Waals surface area contributed by atoms with Gasteiger partial charge in [-0.05, 0) is 12.8 Å². The molecular weight excluding hydrogens is 225 g/mol. The first-order valence-corrected chi connectivity index (χ1v) is 5.32. The summed E-state index contributed by atoms with van der Waals surface area (Å²) in [6.45, 7) is -0.774. The van der Waals surface area contributed by atoms with Gasteiger partial charge >= 0.3 is 12.1 Å². The molecular formula is C10H15F3O3. The molecule has 0 aromatic heterocycles. The minimum absolute atomic E-state index is 0.210. The molecule has 94 valence electrons. The summed E-state index contributed by atoms with van der Waals surface area (Å²) >= 11 is 0. The van der Waals surface area contributed by atoms with Crippen molar-refractivity contribution >= 4 is 5.97 Å². The highest BCUT2D eigenvalue weighted by Crippen LogP contribution is 2.28. The molecule has 1 aliphatic carbocycles. The van der Waals surface area contributed by atoms with Crippen molar-refractivity contribution in [1.82, 2.24) is 0 Å². The summed E-state index contributed by atoms with van der Waals surface area (Å²) < 4.78 is 41.8. The normalized spacial score (nSPS) is 20.7. The van der Waals surface area contributed by atoms with Crippen LogP contribution in [0.2, 0.25) is 0 Å². The number of carboxylic acids is 1. The topological polar surface area (TPSA) is 46.5 Å². The second kappa shape index (κ2) is 5.52. The van der Waals surface area contributed by atoms with Gasteiger partial charge in [-0.15, -0.1) is 0 Å². The number of hydrogen-bond acceptors (Lipinski definition) is 2. The first kappa shape index (κ1) is 13.3. The van der Waals surface area contributed by atoms with E-state index < -0.39 is 24.7 Å². The Balaban J connectivity index is 2.40. The Morgan fingerprint density at radius 1 is 1.31 bits per heavy atom. The van der Waals surface area contributed by atoms with Gasteiger partial charge in [-0.3, -0.25) is 4.79 Å². The van der Waals surface area contributed by atoms with E-state index in [4.69, 9.17) is 9.84 Å². The van der Waals surface area contributed by atoms with Gasteiger partial charge in [0.25, 0.3) is 0 Å². The first-order chi connectivity index (χ1) is 7.41. The molecule has 6 heteroatoms. The van der Waals surface area contributed by atoms with Crippen molar-refractivity contribution < 1.29 is 27.8 Å². The molecule has 0 aromatic carbocycles. The molecule has 0 heterocycles. The fraction of sp³-hybridized carbons (Fsp3) is 0.900. The summed E-state index contributed by atoms with van der Waals surface area (Å²) in [7, 11) is 0. The van der Waals surface area contributed by atoms with Crippen molar-refractivity contribution in [2.75, 3.05) is 6.61 Å². The van der Waals surface area contributed by atoms with E-state index in [0.717, 1.165) is 32.1 Å². The molecule has 16 heavy (non-hydrogen) atoms. The van der Waals surface area contributed by atoms with Crippen LogP contribution < -0.4 is 0 Å². The summed E-state index contributed by atoms with van der Waals surface area (Å²) in [5.41, 5.74) is 0. The number of halogens is 3. The highest BCUT2D eigenvalue weighted by Gasteiger charge is 2.45. The third-order valence-electron chi connectivity index (χ3n) is 2.74. The summed E-state index contributed by atoms with van der Waals surface area (Å²) in [5.74, 6) is -4.28. The zero-order valence-corrected chi connectivity index (χ0v) is 8.79. The van der Waals surface area contributed by atoms with Crippen LogP contribution in [-0.4, -0.2) is 30.0 Å². The van der Waals surface area contributed by atoms with Crippen molar-refractivity contribution in [1.29, 1.82) is 0 Å². The highest BCUT2D eigenvalue weighted by atomic mass is 19.4. The monoisotopic (exact) mass is 240 g/mol. The smallest absolute Gasteiger partial charge is 0.404 e. The first-order valence-electron chi connectivity index (χ1n) is 5.32. The van der Waals surface area contributed by atoms with Gasteiger partial charge in [0.15, 0.2) is 5.92 Å². The maximum Gasteiger partial charge on any atom is 0.404 e. The van der Waals surface area contributed by atoms with Crippen LogP contribution in [0, 0.1) is 5.92 Å². The lowest BCUT2D eigenvalue weighted by molar-refractivity contribution is -0.206. The quantitative estimate of drug-likeness (QED) is 0.821. The van der Waals surface area contributed by atoms with Crippen LogP contribution in [0.3, 0.4) is 0 Å². The van der Waals surface area contributed by atoms with Gasteiger partial charge in [-0.1, -0.05) is 19.3 Å². The third-order valence-corrected chi connectivity index (χ3v) is 2.74. The number of aliphatic carboxylic acids is 1. The number of carbonyl (C=O) groups is 1. The molecule has 0 bridgehead atoms.